The normalized spacial score (nSPS) is 16.9. The number of nitrogen functional groups attached to an aromatic ring is 2. The molecule has 0 amide bonds. The standard InChI is InChI=1S/C16H19N7O2S/c1-10-8-11(22-4-6-26(24,25)7-5-22)2-3-12(10)23-9-19-13-14(17)20-16(18)21-15(13)23/h2-3,8-9H,4-7H2,1H3,(H4,17,18,20,21). The maximum Gasteiger partial charge on any atom is 0.224 e. The van der Waals surface area contributed by atoms with Crippen molar-refractivity contribution in [1.82, 2.24) is 19.5 Å². The first-order valence-corrected chi connectivity index (χ1v) is 9.99. The molecule has 0 spiro atoms. The molecule has 1 saturated heterocycles. The predicted molar refractivity (Wildman–Crippen MR) is 101 cm³/mol. The molecule has 4 rings (SSSR count). The van der Waals surface area contributed by atoms with Gasteiger partial charge in [0.05, 0.1) is 17.2 Å². The highest BCUT2D eigenvalue weighted by Crippen LogP contribution is 2.26. The summed E-state index contributed by atoms with van der Waals surface area (Å²) in [4.78, 5) is 14.6. The van der Waals surface area contributed by atoms with E-state index in [0.717, 1.165) is 16.9 Å². The lowest BCUT2D eigenvalue weighted by molar-refractivity contribution is 0.587. The van der Waals surface area contributed by atoms with Gasteiger partial charge in [-0.05, 0) is 30.7 Å². The van der Waals surface area contributed by atoms with Crippen molar-refractivity contribution in [3.05, 3.63) is 30.1 Å². The Morgan fingerprint density at radius 2 is 1.85 bits per heavy atom. The summed E-state index contributed by atoms with van der Waals surface area (Å²) in [5, 5.41) is 0. The quantitative estimate of drug-likeness (QED) is 0.664. The van der Waals surface area contributed by atoms with Crippen molar-refractivity contribution in [2.45, 2.75) is 6.92 Å². The number of sulfone groups is 1. The molecule has 1 fully saturated rings. The van der Waals surface area contributed by atoms with E-state index in [1.165, 1.54) is 0 Å². The van der Waals surface area contributed by atoms with Gasteiger partial charge >= 0.3 is 0 Å². The van der Waals surface area contributed by atoms with Crippen LogP contribution in [0.2, 0.25) is 0 Å². The number of benzene rings is 1. The molecular formula is C16H19N7O2S. The lowest BCUT2D eigenvalue weighted by atomic mass is 10.1. The Kier molecular flexibility index (Phi) is 3.72. The molecule has 0 saturated carbocycles. The van der Waals surface area contributed by atoms with Crippen LogP contribution in [0, 0.1) is 6.92 Å². The van der Waals surface area contributed by atoms with Gasteiger partial charge < -0.3 is 16.4 Å². The van der Waals surface area contributed by atoms with Crippen LogP contribution in [0.5, 0.6) is 0 Å². The first kappa shape index (κ1) is 16.6. The topological polar surface area (TPSA) is 133 Å². The zero-order valence-electron chi connectivity index (χ0n) is 14.3. The summed E-state index contributed by atoms with van der Waals surface area (Å²) >= 11 is 0. The van der Waals surface area contributed by atoms with Crippen LogP contribution in [0.4, 0.5) is 17.5 Å². The van der Waals surface area contributed by atoms with Gasteiger partial charge in [-0.2, -0.15) is 9.97 Å². The van der Waals surface area contributed by atoms with Gasteiger partial charge in [-0.15, -0.1) is 0 Å². The predicted octanol–water partition coefficient (Wildman–Crippen LogP) is 0.523. The van der Waals surface area contributed by atoms with Gasteiger partial charge in [-0.3, -0.25) is 4.57 Å². The molecule has 0 bridgehead atoms. The fraction of sp³-hybridized carbons (Fsp3) is 0.312. The molecule has 136 valence electrons. The molecule has 1 aliphatic rings. The number of aromatic nitrogens is 4. The summed E-state index contributed by atoms with van der Waals surface area (Å²) in [6.07, 6.45) is 1.64. The number of fused-ring (bicyclic) bond motifs is 1. The van der Waals surface area contributed by atoms with Crippen LogP contribution in [0.1, 0.15) is 5.56 Å². The van der Waals surface area contributed by atoms with E-state index in [4.69, 9.17) is 11.5 Å². The molecule has 9 nitrogen and oxygen atoms in total. The minimum Gasteiger partial charge on any atom is -0.382 e. The van der Waals surface area contributed by atoms with Gasteiger partial charge in [0.15, 0.2) is 26.8 Å². The first-order chi connectivity index (χ1) is 12.3. The Morgan fingerprint density at radius 1 is 1.12 bits per heavy atom. The number of hydrogen-bond acceptors (Lipinski definition) is 8. The molecule has 0 atom stereocenters. The highest BCUT2D eigenvalue weighted by molar-refractivity contribution is 7.91. The average Bonchev–Trinajstić information content (AvgIpc) is 2.98. The second-order valence-corrected chi connectivity index (χ2v) is 8.67. The lowest BCUT2D eigenvalue weighted by Crippen LogP contribution is -2.40. The first-order valence-electron chi connectivity index (χ1n) is 8.16. The number of rotatable bonds is 2. The Balaban J connectivity index is 1.71. The number of imidazole rings is 1. The van der Waals surface area contributed by atoms with Gasteiger partial charge in [-0.1, -0.05) is 0 Å². The number of aryl methyl sites for hydroxylation is 1. The summed E-state index contributed by atoms with van der Waals surface area (Å²) in [5.41, 5.74) is 15.5. The Morgan fingerprint density at radius 3 is 2.54 bits per heavy atom. The van der Waals surface area contributed by atoms with E-state index in [2.05, 4.69) is 19.9 Å². The SMILES string of the molecule is Cc1cc(N2CCS(=O)(=O)CC2)ccc1-n1cnc2c(N)nc(N)nc21. The summed E-state index contributed by atoms with van der Waals surface area (Å²) in [5.74, 6) is 0.723. The number of anilines is 3. The monoisotopic (exact) mass is 373 g/mol. The average molecular weight is 373 g/mol. The maximum atomic E-state index is 11.6. The third-order valence-electron chi connectivity index (χ3n) is 4.59. The molecule has 26 heavy (non-hydrogen) atoms. The second kappa shape index (κ2) is 5.84. The number of nitrogens with zero attached hydrogens (tertiary/aromatic N) is 5. The highest BCUT2D eigenvalue weighted by Gasteiger charge is 2.22. The van der Waals surface area contributed by atoms with Crippen molar-refractivity contribution >= 4 is 38.5 Å². The fourth-order valence-corrected chi connectivity index (χ4v) is 4.39. The third-order valence-corrected chi connectivity index (χ3v) is 6.20. The van der Waals surface area contributed by atoms with Crippen LogP contribution in [0.3, 0.4) is 0 Å². The number of hydrogen-bond donors (Lipinski definition) is 2. The van der Waals surface area contributed by atoms with Crippen molar-refractivity contribution in [2.75, 3.05) is 41.0 Å². The second-order valence-electron chi connectivity index (χ2n) is 6.36. The van der Waals surface area contributed by atoms with Crippen LogP contribution in [-0.4, -0.2) is 52.5 Å². The van der Waals surface area contributed by atoms with Gasteiger partial charge in [0.25, 0.3) is 0 Å². The van der Waals surface area contributed by atoms with Gasteiger partial charge in [0.1, 0.15) is 6.33 Å². The lowest BCUT2D eigenvalue weighted by Gasteiger charge is -2.29. The van der Waals surface area contributed by atoms with Gasteiger partial charge in [0.2, 0.25) is 5.95 Å². The van der Waals surface area contributed by atoms with E-state index >= 15 is 0 Å². The summed E-state index contributed by atoms with van der Waals surface area (Å²) in [7, 11) is -2.90. The Bertz CT molecular complexity index is 1090. The van der Waals surface area contributed by atoms with Gasteiger partial charge in [-0.25, -0.2) is 13.4 Å². The fourth-order valence-electron chi connectivity index (χ4n) is 3.19. The van der Waals surface area contributed by atoms with Gasteiger partial charge in [0, 0.05) is 18.8 Å². The largest absolute Gasteiger partial charge is 0.382 e. The molecule has 4 N–H and O–H groups in total. The van der Waals surface area contributed by atoms with E-state index in [-0.39, 0.29) is 23.3 Å². The van der Waals surface area contributed by atoms with Crippen LogP contribution in [-0.2, 0) is 9.84 Å². The minimum atomic E-state index is -2.90. The molecule has 0 unspecified atom stereocenters. The Hall–Kier alpha value is -2.88. The zero-order valence-corrected chi connectivity index (χ0v) is 15.1. The zero-order chi connectivity index (χ0) is 18.5. The van der Waals surface area contributed by atoms with Crippen LogP contribution >= 0.6 is 0 Å². The van der Waals surface area contributed by atoms with Crippen LogP contribution < -0.4 is 16.4 Å². The molecule has 3 heterocycles. The van der Waals surface area contributed by atoms with Crippen LogP contribution in [0.25, 0.3) is 16.9 Å². The molecule has 0 radical (unpaired) electrons. The highest BCUT2D eigenvalue weighted by atomic mass is 32.2. The van der Waals surface area contributed by atoms with Crippen molar-refractivity contribution in [1.29, 1.82) is 0 Å². The van der Waals surface area contributed by atoms with E-state index < -0.39 is 9.84 Å². The molecule has 3 aromatic rings. The minimum absolute atomic E-state index is 0.0977. The molecule has 0 aliphatic carbocycles. The van der Waals surface area contributed by atoms with E-state index in [1.54, 1.807) is 6.33 Å². The molecule has 1 aliphatic heterocycles. The van der Waals surface area contributed by atoms with E-state index in [0.29, 0.717) is 24.3 Å². The summed E-state index contributed by atoms with van der Waals surface area (Å²) < 4.78 is 25.1. The maximum absolute atomic E-state index is 11.6. The molecule has 2 aromatic heterocycles. The molecule has 1 aromatic carbocycles. The van der Waals surface area contributed by atoms with Crippen molar-refractivity contribution in [2.24, 2.45) is 0 Å². The summed E-state index contributed by atoms with van der Waals surface area (Å²) in [6.45, 7) is 3.00. The third kappa shape index (κ3) is 2.81. The smallest absolute Gasteiger partial charge is 0.224 e. The van der Waals surface area contributed by atoms with E-state index in [1.807, 2.05) is 29.7 Å². The Labute approximate surface area is 150 Å². The van der Waals surface area contributed by atoms with E-state index in [9.17, 15) is 8.42 Å². The van der Waals surface area contributed by atoms with Crippen molar-refractivity contribution < 1.29 is 8.42 Å². The van der Waals surface area contributed by atoms with Crippen molar-refractivity contribution in [3.8, 4) is 5.69 Å². The molecule has 10 heteroatoms. The van der Waals surface area contributed by atoms with Crippen molar-refractivity contribution in [3.63, 3.8) is 0 Å². The number of nitrogens with two attached hydrogens (primary N) is 2. The van der Waals surface area contributed by atoms with Crippen LogP contribution in [0.15, 0.2) is 24.5 Å². The molecular weight excluding hydrogens is 354 g/mol. The summed E-state index contributed by atoms with van der Waals surface area (Å²) in [6, 6.07) is 5.97.